The van der Waals surface area contributed by atoms with Crippen LogP contribution in [0.25, 0.3) is 0 Å². The van der Waals surface area contributed by atoms with Gasteiger partial charge >= 0.3 is 0 Å². The van der Waals surface area contributed by atoms with Crippen LogP contribution in [0.5, 0.6) is 0 Å². The standard InChI is InChI=1S/C12H16BrN3S/c1-16-10(5-9-15-16)4-7-14-8-6-11-2-3-12(13)17-11/h2-3,5,9,14H,4,6-8H2,1H3. The van der Waals surface area contributed by atoms with Crippen molar-refractivity contribution in [2.45, 2.75) is 12.8 Å². The van der Waals surface area contributed by atoms with Gasteiger partial charge < -0.3 is 5.32 Å². The lowest BCUT2D eigenvalue weighted by atomic mass is 10.3. The zero-order valence-corrected chi connectivity index (χ0v) is 12.2. The molecule has 0 aliphatic carbocycles. The first kappa shape index (κ1) is 12.8. The van der Waals surface area contributed by atoms with Crippen LogP contribution < -0.4 is 5.32 Å². The van der Waals surface area contributed by atoms with Crippen LogP contribution in [-0.4, -0.2) is 22.9 Å². The number of nitrogens with one attached hydrogen (secondary N) is 1. The monoisotopic (exact) mass is 313 g/mol. The van der Waals surface area contributed by atoms with Crippen LogP contribution in [0.1, 0.15) is 10.6 Å². The molecule has 0 atom stereocenters. The molecule has 0 fully saturated rings. The molecule has 2 rings (SSSR count). The molecular formula is C12H16BrN3S. The molecule has 2 aromatic heterocycles. The van der Waals surface area contributed by atoms with Gasteiger partial charge in [-0.2, -0.15) is 5.10 Å². The quantitative estimate of drug-likeness (QED) is 0.831. The maximum Gasteiger partial charge on any atom is 0.0701 e. The predicted molar refractivity (Wildman–Crippen MR) is 75.5 cm³/mol. The molecule has 5 heteroatoms. The highest BCUT2D eigenvalue weighted by Crippen LogP contribution is 2.21. The van der Waals surface area contributed by atoms with Crippen molar-refractivity contribution >= 4 is 27.3 Å². The third-order valence-electron chi connectivity index (χ3n) is 2.66. The fourth-order valence-electron chi connectivity index (χ4n) is 1.69. The van der Waals surface area contributed by atoms with Gasteiger partial charge in [-0.25, -0.2) is 0 Å². The van der Waals surface area contributed by atoms with Crippen molar-refractivity contribution in [1.29, 1.82) is 0 Å². The fraction of sp³-hybridized carbons (Fsp3) is 0.417. The van der Waals surface area contributed by atoms with Crippen molar-refractivity contribution in [3.63, 3.8) is 0 Å². The summed E-state index contributed by atoms with van der Waals surface area (Å²) >= 11 is 5.29. The number of rotatable bonds is 6. The van der Waals surface area contributed by atoms with Crippen molar-refractivity contribution in [3.8, 4) is 0 Å². The number of aromatic nitrogens is 2. The van der Waals surface area contributed by atoms with Gasteiger partial charge in [-0.05, 0) is 47.1 Å². The van der Waals surface area contributed by atoms with Crippen LogP contribution in [0, 0.1) is 0 Å². The number of thiophene rings is 1. The van der Waals surface area contributed by atoms with E-state index in [1.165, 1.54) is 14.4 Å². The molecule has 0 aliphatic heterocycles. The van der Waals surface area contributed by atoms with Gasteiger partial charge in [0.1, 0.15) is 0 Å². The van der Waals surface area contributed by atoms with Gasteiger partial charge in [-0.1, -0.05) is 0 Å². The Morgan fingerprint density at radius 3 is 2.76 bits per heavy atom. The summed E-state index contributed by atoms with van der Waals surface area (Å²) in [7, 11) is 1.98. The van der Waals surface area contributed by atoms with Crippen LogP contribution in [0.2, 0.25) is 0 Å². The van der Waals surface area contributed by atoms with E-state index in [2.05, 4.69) is 44.5 Å². The summed E-state index contributed by atoms with van der Waals surface area (Å²) in [6.45, 7) is 2.04. The van der Waals surface area contributed by atoms with E-state index in [9.17, 15) is 0 Å². The number of hydrogen-bond donors (Lipinski definition) is 1. The summed E-state index contributed by atoms with van der Waals surface area (Å²) in [6, 6.07) is 6.35. The lowest BCUT2D eigenvalue weighted by molar-refractivity contribution is 0.643. The van der Waals surface area contributed by atoms with Gasteiger partial charge in [-0.3, -0.25) is 4.68 Å². The molecule has 1 N–H and O–H groups in total. The maximum atomic E-state index is 4.15. The molecule has 0 spiro atoms. The molecule has 92 valence electrons. The molecule has 2 heterocycles. The minimum Gasteiger partial charge on any atom is -0.316 e. The van der Waals surface area contributed by atoms with E-state index in [0.717, 1.165) is 25.9 Å². The first-order valence-corrected chi connectivity index (χ1v) is 7.28. The van der Waals surface area contributed by atoms with Crippen LogP contribution in [0.4, 0.5) is 0 Å². The van der Waals surface area contributed by atoms with E-state index in [1.807, 2.05) is 29.3 Å². The number of halogens is 1. The minimum atomic E-state index is 1.01. The van der Waals surface area contributed by atoms with Crippen LogP contribution >= 0.6 is 27.3 Å². The van der Waals surface area contributed by atoms with E-state index < -0.39 is 0 Å². The largest absolute Gasteiger partial charge is 0.316 e. The van der Waals surface area contributed by atoms with Crippen molar-refractivity contribution in [2.75, 3.05) is 13.1 Å². The van der Waals surface area contributed by atoms with Gasteiger partial charge in [0.05, 0.1) is 3.79 Å². The van der Waals surface area contributed by atoms with Gasteiger partial charge in [0, 0.05) is 36.8 Å². The summed E-state index contributed by atoms with van der Waals surface area (Å²) in [5.74, 6) is 0. The Bertz CT molecular complexity index is 464. The van der Waals surface area contributed by atoms with Crippen LogP contribution in [0.3, 0.4) is 0 Å². The third-order valence-corrected chi connectivity index (χ3v) is 4.34. The van der Waals surface area contributed by atoms with Crippen molar-refractivity contribution < 1.29 is 0 Å². The smallest absolute Gasteiger partial charge is 0.0701 e. The Hall–Kier alpha value is -0.650. The second-order valence-corrected chi connectivity index (χ2v) is 6.45. The summed E-state index contributed by atoms with van der Waals surface area (Å²) in [5, 5.41) is 7.61. The first-order chi connectivity index (χ1) is 8.25. The molecule has 0 saturated carbocycles. The Morgan fingerprint density at radius 2 is 2.12 bits per heavy atom. The van der Waals surface area contributed by atoms with Gasteiger partial charge in [0.2, 0.25) is 0 Å². The van der Waals surface area contributed by atoms with E-state index in [1.54, 1.807) is 0 Å². The second kappa shape index (κ2) is 6.33. The topological polar surface area (TPSA) is 29.9 Å². The third kappa shape index (κ3) is 3.94. The molecule has 3 nitrogen and oxygen atoms in total. The van der Waals surface area contributed by atoms with Crippen molar-refractivity contribution in [2.24, 2.45) is 7.05 Å². The van der Waals surface area contributed by atoms with Gasteiger partial charge in [0.15, 0.2) is 0 Å². The summed E-state index contributed by atoms with van der Waals surface area (Å²) < 4.78 is 3.14. The highest BCUT2D eigenvalue weighted by molar-refractivity contribution is 9.11. The highest BCUT2D eigenvalue weighted by Gasteiger charge is 1.99. The molecule has 17 heavy (non-hydrogen) atoms. The Kier molecular flexibility index (Phi) is 4.76. The summed E-state index contributed by atoms with van der Waals surface area (Å²) in [5.41, 5.74) is 1.27. The van der Waals surface area contributed by atoms with E-state index in [4.69, 9.17) is 0 Å². The lowest BCUT2D eigenvalue weighted by Gasteiger charge is -2.04. The number of hydrogen-bond acceptors (Lipinski definition) is 3. The Labute approximate surface area is 114 Å². The molecule has 0 unspecified atom stereocenters. The average Bonchev–Trinajstić information content (AvgIpc) is 2.88. The average molecular weight is 314 g/mol. The van der Waals surface area contributed by atoms with E-state index in [0.29, 0.717) is 0 Å². The molecule has 0 aromatic carbocycles. The van der Waals surface area contributed by atoms with E-state index in [-0.39, 0.29) is 0 Å². The van der Waals surface area contributed by atoms with Crippen LogP contribution in [0.15, 0.2) is 28.2 Å². The zero-order chi connectivity index (χ0) is 12.1. The van der Waals surface area contributed by atoms with E-state index >= 15 is 0 Å². The predicted octanol–water partition coefficient (Wildman–Crippen LogP) is 2.62. The molecule has 2 aromatic rings. The Balaban J connectivity index is 1.62. The zero-order valence-electron chi connectivity index (χ0n) is 9.82. The molecule has 0 radical (unpaired) electrons. The molecule has 0 bridgehead atoms. The normalized spacial score (nSPS) is 10.9. The number of nitrogens with zero attached hydrogens (tertiary/aromatic N) is 2. The summed E-state index contributed by atoms with van der Waals surface area (Å²) in [4.78, 5) is 1.42. The fourth-order valence-corrected chi connectivity index (χ4v) is 3.17. The SMILES string of the molecule is Cn1nccc1CCNCCc1ccc(Br)s1. The molecule has 0 amide bonds. The van der Waals surface area contributed by atoms with Gasteiger partial charge in [0.25, 0.3) is 0 Å². The van der Waals surface area contributed by atoms with Crippen molar-refractivity contribution in [1.82, 2.24) is 15.1 Å². The Morgan fingerprint density at radius 1 is 1.29 bits per heavy atom. The van der Waals surface area contributed by atoms with Crippen molar-refractivity contribution in [3.05, 3.63) is 38.8 Å². The second-order valence-electron chi connectivity index (χ2n) is 3.90. The van der Waals surface area contributed by atoms with Crippen LogP contribution in [-0.2, 0) is 19.9 Å². The lowest BCUT2D eigenvalue weighted by Crippen LogP contribution is -2.20. The molecular weight excluding hydrogens is 298 g/mol. The molecule has 0 aliphatic rings. The summed E-state index contributed by atoms with van der Waals surface area (Å²) in [6.07, 6.45) is 3.98. The molecule has 0 saturated heterocycles. The maximum absolute atomic E-state index is 4.15. The first-order valence-electron chi connectivity index (χ1n) is 5.67. The minimum absolute atomic E-state index is 1.01. The van der Waals surface area contributed by atoms with Gasteiger partial charge in [-0.15, -0.1) is 11.3 Å². The number of aryl methyl sites for hydroxylation is 1. The highest BCUT2D eigenvalue weighted by atomic mass is 79.9.